The first kappa shape index (κ1) is 13.8. The minimum atomic E-state index is 0.284. The van der Waals surface area contributed by atoms with Crippen molar-refractivity contribution in [2.75, 3.05) is 13.1 Å². The van der Waals surface area contributed by atoms with E-state index in [0.29, 0.717) is 5.92 Å². The van der Waals surface area contributed by atoms with Crippen LogP contribution in [0.1, 0.15) is 25.5 Å². The summed E-state index contributed by atoms with van der Waals surface area (Å²) in [6.07, 6.45) is 4.18. The Labute approximate surface area is 123 Å². The SMILES string of the molecule is CC(N)C1CCCN(Cc2csc(-c3ccco3)n2)C1. The van der Waals surface area contributed by atoms with Gasteiger partial charge in [-0.2, -0.15) is 0 Å². The summed E-state index contributed by atoms with van der Waals surface area (Å²) in [7, 11) is 0. The Morgan fingerprint density at radius 3 is 3.25 bits per heavy atom. The van der Waals surface area contributed by atoms with Crippen LogP contribution in [0.2, 0.25) is 0 Å². The molecule has 4 nitrogen and oxygen atoms in total. The summed E-state index contributed by atoms with van der Waals surface area (Å²) in [5.41, 5.74) is 7.17. The van der Waals surface area contributed by atoms with Crippen LogP contribution in [0.5, 0.6) is 0 Å². The average Bonchev–Trinajstić information content (AvgIpc) is 3.09. The molecule has 1 saturated heterocycles. The molecule has 0 radical (unpaired) electrons. The topological polar surface area (TPSA) is 55.3 Å². The molecule has 108 valence electrons. The highest BCUT2D eigenvalue weighted by Gasteiger charge is 2.23. The average molecular weight is 291 g/mol. The lowest BCUT2D eigenvalue weighted by molar-refractivity contribution is 0.153. The maximum atomic E-state index is 6.04. The van der Waals surface area contributed by atoms with E-state index in [4.69, 9.17) is 10.2 Å². The second-order valence-electron chi connectivity index (χ2n) is 5.62. The summed E-state index contributed by atoms with van der Waals surface area (Å²) in [5.74, 6) is 1.47. The highest BCUT2D eigenvalue weighted by atomic mass is 32.1. The molecule has 2 aromatic rings. The van der Waals surface area contributed by atoms with Crippen molar-refractivity contribution < 1.29 is 4.42 Å². The molecule has 1 fully saturated rings. The van der Waals surface area contributed by atoms with Gasteiger partial charge in [-0.05, 0) is 44.4 Å². The zero-order valence-corrected chi connectivity index (χ0v) is 12.6. The van der Waals surface area contributed by atoms with E-state index in [9.17, 15) is 0 Å². The van der Waals surface area contributed by atoms with E-state index in [1.54, 1.807) is 17.6 Å². The molecular weight excluding hydrogens is 270 g/mol. The number of likely N-dealkylation sites (tertiary alicyclic amines) is 1. The Bertz CT molecular complexity index is 535. The van der Waals surface area contributed by atoms with E-state index < -0.39 is 0 Å². The molecule has 0 saturated carbocycles. The molecule has 0 aliphatic carbocycles. The molecule has 3 rings (SSSR count). The highest BCUT2D eigenvalue weighted by Crippen LogP contribution is 2.26. The van der Waals surface area contributed by atoms with Gasteiger partial charge >= 0.3 is 0 Å². The molecule has 5 heteroatoms. The van der Waals surface area contributed by atoms with Crippen LogP contribution in [-0.4, -0.2) is 29.0 Å². The third-order valence-corrected chi connectivity index (χ3v) is 4.86. The van der Waals surface area contributed by atoms with Gasteiger partial charge in [-0.3, -0.25) is 4.90 Å². The standard InChI is InChI=1S/C15H21N3OS/c1-11(16)12-4-2-6-18(8-12)9-13-10-20-15(17-13)14-5-3-7-19-14/h3,5,7,10-12H,2,4,6,8-9,16H2,1H3. The van der Waals surface area contributed by atoms with Gasteiger partial charge in [0.25, 0.3) is 0 Å². The largest absolute Gasteiger partial charge is 0.462 e. The lowest BCUT2D eigenvalue weighted by Gasteiger charge is -2.34. The second kappa shape index (κ2) is 6.08. The molecule has 2 aromatic heterocycles. The first-order valence-corrected chi connectivity index (χ1v) is 8.06. The van der Waals surface area contributed by atoms with Crippen LogP contribution < -0.4 is 5.73 Å². The monoisotopic (exact) mass is 291 g/mol. The van der Waals surface area contributed by atoms with Gasteiger partial charge in [-0.25, -0.2) is 4.98 Å². The number of hydrogen-bond acceptors (Lipinski definition) is 5. The molecule has 3 heterocycles. The van der Waals surface area contributed by atoms with Gasteiger partial charge in [0.1, 0.15) is 0 Å². The molecule has 2 N–H and O–H groups in total. The third kappa shape index (κ3) is 3.11. The minimum Gasteiger partial charge on any atom is -0.462 e. The molecule has 0 bridgehead atoms. The van der Waals surface area contributed by atoms with Gasteiger partial charge in [-0.15, -0.1) is 11.3 Å². The predicted octanol–water partition coefficient (Wildman–Crippen LogP) is 2.96. The number of hydrogen-bond donors (Lipinski definition) is 1. The number of furan rings is 1. The van der Waals surface area contributed by atoms with Gasteiger partial charge in [0.15, 0.2) is 10.8 Å². The van der Waals surface area contributed by atoms with E-state index in [1.165, 1.54) is 12.8 Å². The summed E-state index contributed by atoms with van der Waals surface area (Å²) in [5, 5.41) is 3.10. The number of thiazole rings is 1. The number of nitrogens with zero attached hydrogens (tertiary/aromatic N) is 2. The predicted molar refractivity (Wildman–Crippen MR) is 81.5 cm³/mol. The third-order valence-electron chi connectivity index (χ3n) is 3.95. The molecule has 0 amide bonds. The second-order valence-corrected chi connectivity index (χ2v) is 6.48. The maximum Gasteiger partial charge on any atom is 0.162 e. The number of nitrogens with two attached hydrogens (primary N) is 1. The number of rotatable bonds is 4. The molecular formula is C15H21N3OS. The van der Waals surface area contributed by atoms with E-state index in [-0.39, 0.29) is 6.04 Å². The molecule has 1 aliphatic heterocycles. The molecule has 2 unspecified atom stereocenters. The van der Waals surface area contributed by atoms with Gasteiger partial charge in [0, 0.05) is 24.5 Å². The minimum absolute atomic E-state index is 0.284. The lowest BCUT2D eigenvalue weighted by atomic mass is 9.92. The van der Waals surface area contributed by atoms with E-state index in [2.05, 4.69) is 22.2 Å². The first-order valence-electron chi connectivity index (χ1n) is 7.18. The number of piperidine rings is 1. The van der Waals surface area contributed by atoms with E-state index in [1.807, 2.05) is 12.1 Å². The van der Waals surface area contributed by atoms with E-state index in [0.717, 1.165) is 36.1 Å². The zero-order valence-electron chi connectivity index (χ0n) is 11.8. The van der Waals surface area contributed by atoms with Gasteiger partial charge < -0.3 is 10.2 Å². The van der Waals surface area contributed by atoms with Crippen LogP contribution in [0.3, 0.4) is 0 Å². The summed E-state index contributed by atoms with van der Waals surface area (Å²) in [4.78, 5) is 7.14. The Balaban J connectivity index is 1.63. The lowest BCUT2D eigenvalue weighted by Crippen LogP contribution is -2.41. The Morgan fingerprint density at radius 2 is 2.50 bits per heavy atom. The zero-order chi connectivity index (χ0) is 13.9. The molecule has 1 aliphatic rings. The Morgan fingerprint density at radius 1 is 1.60 bits per heavy atom. The van der Waals surface area contributed by atoms with Crippen LogP contribution in [-0.2, 0) is 6.54 Å². The van der Waals surface area contributed by atoms with Crippen molar-refractivity contribution in [2.24, 2.45) is 11.7 Å². The summed E-state index contributed by atoms with van der Waals surface area (Å²) < 4.78 is 5.39. The van der Waals surface area contributed by atoms with Crippen LogP contribution >= 0.6 is 11.3 Å². The van der Waals surface area contributed by atoms with Crippen molar-refractivity contribution in [3.63, 3.8) is 0 Å². The van der Waals surface area contributed by atoms with Crippen molar-refractivity contribution in [1.82, 2.24) is 9.88 Å². The van der Waals surface area contributed by atoms with Crippen molar-refractivity contribution in [2.45, 2.75) is 32.4 Å². The number of aromatic nitrogens is 1. The fraction of sp³-hybridized carbons (Fsp3) is 0.533. The van der Waals surface area contributed by atoms with Gasteiger partial charge in [0.2, 0.25) is 0 Å². The Kier molecular flexibility index (Phi) is 4.19. The van der Waals surface area contributed by atoms with Gasteiger partial charge in [-0.1, -0.05) is 0 Å². The molecule has 0 aromatic carbocycles. The van der Waals surface area contributed by atoms with Crippen molar-refractivity contribution >= 4 is 11.3 Å². The summed E-state index contributed by atoms with van der Waals surface area (Å²) >= 11 is 1.65. The fourth-order valence-corrected chi connectivity index (χ4v) is 3.56. The molecule has 0 spiro atoms. The smallest absolute Gasteiger partial charge is 0.162 e. The fourth-order valence-electron chi connectivity index (χ4n) is 2.79. The quantitative estimate of drug-likeness (QED) is 0.941. The van der Waals surface area contributed by atoms with Crippen molar-refractivity contribution in [1.29, 1.82) is 0 Å². The molecule has 2 atom stereocenters. The molecule has 20 heavy (non-hydrogen) atoms. The highest BCUT2D eigenvalue weighted by molar-refractivity contribution is 7.13. The van der Waals surface area contributed by atoms with Crippen molar-refractivity contribution in [3.8, 4) is 10.8 Å². The van der Waals surface area contributed by atoms with Gasteiger partial charge in [0.05, 0.1) is 12.0 Å². The Hall–Kier alpha value is -1.17. The first-order chi connectivity index (χ1) is 9.72. The van der Waals surface area contributed by atoms with Crippen LogP contribution in [0, 0.1) is 5.92 Å². The summed E-state index contributed by atoms with van der Waals surface area (Å²) in [6.45, 7) is 5.27. The normalized spacial score (nSPS) is 22.0. The van der Waals surface area contributed by atoms with Crippen molar-refractivity contribution in [3.05, 3.63) is 29.5 Å². The maximum absolute atomic E-state index is 6.04. The van der Waals surface area contributed by atoms with Crippen LogP contribution in [0.15, 0.2) is 28.2 Å². The van der Waals surface area contributed by atoms with Crippen LogP contribution in [0.25, 0.3) is 10.8 Å². The van der Waals surface area contributed by atoms with E-state index >= 15 is 0 Å². The summed E-state index contributed by atoms with van der Waals surface area (Å²) in [6, 6.07) is 4.14. The van der Waals surface area contributed by atoms with Crippen LogP contribution in [0.4, 0.5) is 0 Å².